The predicted molar refractivity (Wildman–Crippen MR) is 131 cm³/mol. The molecule has 7 nitrogen and oxygen atoms in total. The van der Waals surface area contributed by atoms with E-state index in [1.54, 1.807) is 4.90 Å². The highest BCUT2D eigenvalue weighted by molar-refractivity contribution is 5.94. The van der Waals surface area contributed by atoms with Gasteiger partial charge in [0.05, 0.1) is 11.4 Å². The highest BCUT2D eigenvalue weighted by Crippen LogP contribution is 2.33. The van der Waals surface area contributed by atoms with Crippen molar-refractivity contribution in [3.63, 3.8) is 0 Å². The number of piperidine rings is 1. The Morgan fingerprint density at radius 1 is 0.970 bits per heavy atom. The molecule has 0 bridgehead atoms. The zero-order valence-electron chi connectivity index (χ0n) is 19.9. The predicted octanol–water partition coefficient (Wildman–Crippen LogP) is 4.96. The highest BCUT2D eigenvalue weighted by Gasteiger charge is 2.40. The summed E-state index contributed by atoms with van der Waals surface area (Å²) in [6.07, 6.45) is 0.600. The summed E-state index contributed by atoms with van der Waals surface area (Å²) in [4.78, 5) is 29.1. The van der Waals surface area contributed by atoms with Crippen molar-refractivity contribution in [1.29, 1.82) is 0 Å². The van der Waals surface area contributed by atoms with Gasteiger partial charge in [0, 0.05) is 26.2 Å². The van der Waals surface area contributed by atoms with Crippen LogP contribution in [-0.2, 0) is 4.74 Å². The van der Waals surface area contributed by atoms with Gasteiger partial charge in [0.1, 0.15) is 5.60 Å². The van der Waals surface area contributed by atoms with Gasteiger partial charge < -0.3 is 25.6 Å². The number of likely N-dealkylation sites (tertiary alicyclic amines) is 2. The minimum Gasteiger partial charge on any atom is -0.444 e. The minimum atomic E-state index is -0.511. The fourth-order valence-corrected chi connectivity index (χ4v) is 4.61. The Morgan fingerprint density at radius 2 is 1.61 bits per heavy atom. The van der Waals surface area contributed by atoms with Crippen molar-refractivity contribution in [3.05, 3.63) is 48.0 Å². The molecule has 0 spiro atoms. The third-order valence-corrected chi connectivity index (χ3v) is 6.42. The molecule has 2 heterocycles. The van der Waals surface area contributed by atoms with E-state index in [4.69, 9.17) is 10.5 Å². The van der Waals surface area contributed by atoms with Gasteiger partial charge in [0.25, 0.3) is 0 Å². The van der Waals surface area contributed by atoms with Crippen LogP contribution < -0.4 is 11.1 Å². The third kappa shape index (κ3) is 5.41. The third-order valence-electron chi connectivity index (χ3n) is 6.42. The summed E-state index contributed by atoms with van der Waals surface area (Å²) < 4.78 is 5.53. The fraction of sp³-hybridized carbons (Fsp3) is 0.462. The van der Waals surface area contributed by atoms with E-state index >= 15 is 0 Å². The van der Waals surface area contributed by atoms with Crippen molar-refractivity contribution in [2.24, 2.45) is 11.8 Å². The number of anilines is 2. The molecule has 2 fully saturated rings. The fourth-order valence-electron chi connectivity index (χ4n) is 4.61. The molecule has 3 amide bonds. The van der Waals surface area contributed by atoms with E-state index in [1.807, 2.05) is 43.9 Å². The first-order valence-electron chi connectivity index (χ1n) is 11.6. The number of urea groups is 1. The summed E-state index contributed by atoms with van der Waals surface area (Å²) in [5.41, 5.74) is 10.1. The highest BCUT2D eigenvalue weighted by atomic mass is 16.6. The number of hydrogen-bond acceptors (Lipinski definition) is 4. The van der Waals surface area contributed by atoms with Crippen LogP contribution in [0, 0.1) is 18.8 Å². The Hall–Kier alpha value is -3.22. The molecule has 2 aromatic carbocycles. The largest absolute Gasteiger partial charge is 0.444 e. The smallest absolute Gasteiger partial charge is 0.410 e. The van der Waals surface area contributed by atoms with Crippen LogP contribution in [-0.4, -0.2) is 53.7 Å². The van der Waals surface area contributed by atoms with E-state index < -0.39 is 5.60 Å². The van der Waals surface area contributed by atoms with Crippen LogP contribution in [0.15, 0.2) is 42.5 Å². The molecule has 3 N–H and O–H groups in total. The molecule has 4 rings (SSSR count). The van der Waals surface area contributed by atoms with E-state index in [1.165, 1.54) is 5.56 Å². The average Bonchev–Trinajstić information content (AvgIpc) is 3.18. The average molecular weight is 451 g/mol. The van der Waals surface area contributed by atoms with Crippen molar-refractivity contribution in [1.82, 2.24) is 9.80 Å². The van der Waals surface area contributed by atoms with Crippen molar-refractivity contribution >= 4 is 23.5 Å². The van der Waals surface area contributed by atoms with Gasteiger partial charge in [-0.1, -0.05) is 35.9 Å². The Kier molecular flexibility index (Phi) is 6.23. The maximum atomic E-state index is 13.1. The number of fused-ring (bicyclic) bond motifs is 1. The molecule has 2 aliphatic rings. The van der Waals surface area contributed by atoms with Crippen molar-refractivity contribution < 1.29 is 14.3 Å². The number of carbonyl (C=O) groups is 2. The van der Waals surface area contributed by atoms with E-state index in [9.17, 15) is 9.59 Å². The van der Waals surface area contributed by atoms with E-state index in [0.29, 0.717) is 43.5 Å². The molecular weight excluding hydrogens is 416 g/mol. The van der Waals surface area contributed by atoms with Gasteiger partial charge in [-0.2, -0.15) is 0 Å². The molecule has 0 aromatic heterocycles. The van der Waals surface area contributed by atoms with Crippen LogP contribution in [0.4, 0.5) is 21.0 Å². The van der Waals surface area contributed by atoms with Crippen LogP contribution in [0.1, 0.15) is 32.8 Å². The molecule has 2 atom stereocenters. The zero-order chi connectivity index (χ0) is 23.8. The molecule has 0 radical (unpaired) electrons. The summed E-state index contributed by atoms with van der Waals surface area (Å²) >= 11 is 0. The number of nitrogen functional groups attached to an aromatic ring is 1. The Balaban J connectivity index is 1.40. The molecule has 7 heteroatoms. The van der Waals surface area contributed by atoms with Crippen molar-refractivity contribution in [2.75, 3.05) is 37.2 Å². The van der Waals surface area contributed by atoms with Crippen LogP contribution in [0.25, 0.3) is 11.1 Å². The van der Waals surface area contributed by atoms with E-state index in [0.717, 1.165) is 17.5 Å². The molecule has 176 valence electrons. The molecule has 2 unspecified atom stereocenters. The number of benzene rings is 2. The maximum absolute atomic E-state index is 13.1. The van der Waals surface area contributed by atoms with Crippen LogP contribution in [0.2, 0.25) is 0 Å². The van der Waals surface area contributed by atoms with E-state index in [-0.39, 0.29) is 18.0 Å². The summed E-state index contributed by atoms with van der Waals surface area (Å²) in [6, 6.07) is 13.8. The lowest BCUT2D eigenvalue weighted by Crippen LogP contribution is -2.45. The first-order chi connectivity index (χ1) is 15.6. The van der Waals surface area contributed by atoms with Crippen molar-refractivity contribution in [2.45, 2.75) is 39.7 Å². The molecule has 2 saturated heterocycles. The number of nitrogens with one attached hydrogen (secondary N) is 1. The Morgan fingerprint density at radius 3 is 2.30 bits per heavy atom. The standard InChI is InChI=1S/C26H34N4O3/c1-17-5-7-18(8-6-17)19-9-10-22(27)23(13-19)28-24(31)30-14-20-11-12-29(15-21(20)16-30)25(32)33-26(2,3)4/h5-10,13,20-21H,11-12,14-16,27H2,1-4H3,(H,28,31). The first-order valence-corrected chi connectivity index (χ1v) is 11.6. The number of rotatable bonds is 2. The van der Waals surface area contributed by atoms with Gasteiger partial charge in [0.2, 0.25) is 0 Å². The van der Waals surface area contributed by atoms with Crippen LogP contribution >= 0.6 is 0 Å². The monoisotopic (exact) mass is 450 g/mol. The molecule has 33 heavy (non-hydrogen) atoms. The zero-order valence-corrected chi connectivity index (χ0v) is 19.9. The number of aryl methyl sites for hydroxylation is 1. The van der Waals surface area contributed by atoms with Gasteiger partial charge in [-0.05, 0) is 69.2 Å². The first kappa shape index (κ1) is 23.0. The van der Waals surface area contributed by atoms with Gasteiger partial charge in [-0.15, -0.1) is 0 Å². The Labute approximate surface area is 195 Å². The second-order valence-corrected chi connectivity index (χ2v) is 10.2. The molecular formula is C26H34N4O3. The normalized spacial score (nSPS) is 20.4. The number of nitrogens with zero attached hydrogens (tertiary/aromatic N) is 2. The quantitative estimate of drug-likeness (QED) is 0.633. The minimum absolute atomic E-state index is 0.152. The van der Waals surface area contributed by atoms with Gasteiger partial charge in [-0.3, -0.25) is 0 Å². The molecule has 2 aliphatic heterocycles. The van der Waals surface area contributed by atoms with Crippen LogP contribution in [0.3, 0.4) is 0 Å². The summed E-state index contributed by atoms with van der Waals surface area (Å²) in [5, 5.41) is 3.01. The summed E-state index contributed by atoms with van der Waals surface area (Å²) in [7, 11) is 0. The lowest BCUT2D eigenvalue weighted by atomic mass is 9.89. The van der Waals surface area contributed by atoms with Gasteiger partial charge in [0.15, 0.2) is 0 Å². The van der Waals surface area contributed by atoms with Crippen LogP contribution in [0.5, 0.6) is 0 Å². The lowest BCUT2D eigenvalue weighted by Gasteiger charge is -2.35. The number of ether oxygens (including phenoxy) is 1. The topological polar surface area (TPSA) is 87.9 Å². The number of hydrogen-bond donors (Lipinski definition) is 2. The molecule has 0 saturated carbocycles. The van der Waals surface area contributed by atoms with Gasteiger partial charge >= 0.3 is 12.1 Å². The number of carbonyl (C=O) groups excluding carboxylic acids is 2. The molecule has 0 aliphatic carbocycles. The maximum Gasteiger partial charge on any atom is 0.410 e. The summed E-state index contributed by atoms with van der Waals surface area (Å²) in [6.45, 7) is 10.3. The lowest BCUT2D eigenvalue weighted by molar-refractivity contribution is 0.0139. The second kappa shape index (κ2) is 8.96. The second-order valence-electron chi connectivity index (χ2n) is 10.2. The SMILES string of the molecule is Cc1ccc(-c2ccc(N)c(NC(=O)N3CC4CCN(C(=O)OC(C)(C)C)CC4C3)c2)cc1. The molecule has 2 aromatic rings. The van der Waals surface area contributed by atoms with Gasteiger partial charge in [-0.25, -0.2) is 9.59 Å². The van der Waals surface area contributed by atoms with E-state index in [2.05, 4.69) is 36.5 Å². The number of amides is 3. The Bertz CT molecular complexity index is 1030. The van der Waals surface area contributed by atoms with Crippen molar-refractivity contribution in [3.8, 4) is 11.1 Å². The summed E-state index contributed by atoms with van der Waals surface area (Å²) in [5.74, 6) is 0.652. The number of nitrogens with two attached hydrogens (primary N) is 1.